The molecule has 1 heterocycles. The first-order valence-electron chi connectivity index (χ1n) is 7.80. The number of carbonyl (C=O) groups is 1. The van der Waals surface area contributed by atoms with Crippen molar-refractivity contribution in [3.63, 3.8) is 0 Å². The Hall–Kier alpha value is -1.39. The average Bonchev–Trinajstić information content (AvgIpc) is 2.96. The van der Waals surface area contributed by atoms with Crippen LogP contribution in [0.2, 0.25) is 0 Å². The first-order chi connectivity index (χ1) is 10.2. The van der Waals surface area contributed by atoms with Gasteiger partial charge >= 0.3 is 0 Å². The summed E-state index contributed by atoms with van der Waals surface area (Å²) in [5.41, 5.74) is 6.72. The van der Waals surface area contributed by atoms with Crippen LogP contribution in [0.4, 0.5) is 0 Å². The second kappa shape index (κ2) is 9.53. The molecule has 1 unspecified atom stereocenters. The summed E-state index contributed by atoms with van der Waals surface area (Å²) in [6, 6.07) is -0.00386. The minimum Gasteiger partial charge on any atom is -0.330 e. The predicted molar refractivity (Wildman–Crippen MR) is 86.4 cm³/mol. The van der Waals surface area contributed by atoms with Gasteiger partial charge in [0.05, 0.1) is 12.6 Å². The van der Waals surface area contributed by atoms with Crippen molar-refractivity contribution in [2.24, 2.45) is 11.7 Å². The Bertz CT molecular complexity index is 396. The van der Waals surface area contributed by atoms with Gasteiger partial charge in [-0.15, -0.1) is 0 Å². The predicted octanol–water partition coefficient (Wildman–Crippen LogP) is 2.97. The summed E-state index contributed by atoms with van der Waals surface area (Å²) in [6.45, 7) is 8.86. The number of allylic oxidation sites excluding steroid dienone is 3. The van der Waals surface area contributed by atoms with Crippen LogP contribution in [0, 0.1) is 5.92 Å². The van der Waals surface area contributed by atoms with Gasteiger partial charge in [0, 0.05) is 12.3 Å². The molecule has 0 bridgehead atoms. The molecule has 0 aromatic rings. The molecule has 0 aliphatic carbocycles. The first kappa shape index (κ1) is 17.7. The molecule has 2 atom stereocenters. The lowest BCUT2D eigenvalue weighted by Gasteiger charge is -2.27. The van der Waals surface area contributed by atoms with Gasteiger partial charge in [-0.2, -0.15) is 0 Å². The van der Waals surface area contributed by atoms with Crippen molar-refractivity contribution in [1.82, 2.24) is 5.06 Å². The van der Waals surface area contributed by atoms with Crippen LogP contribution in [-0.2, 0) is 9.63 Å². The van der Waals surface area contributed by atoms with Gasteiger partial charge in [-0.1, -0.05) is 44.2 Å². The van der Waals surface area contributed by atoms with Crippen LogP contribution in [0.5, 0.6) is 0 Å². The average molecular weight is 292 g/mol. The minimum atomic E-state index is -0.0397. The largest absolute Gasteiger partial charge is 0.330 e. The van der Waals surface area contributed by atoms with E-state index in [1.807, 2.05) is 25.2 Å². The first-order valence-corrected chi connectivity index (χ1v) is 7.80. The summed E-state index contributed by atoms with van der Waals surface area (Å²) < 4.78 is 0. The maximum absolute atomic E-state index is 12.7. The Morgan fingerprint density at radius 2 is 2.29 bits per heavy atom. The van der Waals surface area contributed by atoms with E-state index < -0.39 is 0 Å². The fourth-order valence-electron chi connectivity index (χ4n) is 2.69. The highest BCUT2D eigenvalue weighted by molar-refractivity contribution is 5.78. The van der Waals surface area contributed by atoms with Gasteiger partial charge < -0.3 is 5.73 Å². The van der Waals surface area contributed by atoms with Gasteiger partial charge in [0.15, 0.2) is 0 Å². The SMILES string of the molecule is C=C/C=C\C(=C/C)[C@@H]1CCON1C(=O)C(CCC)CCN. The van der Waals surface area contributed by atoms with E-state index in [9.17, 15) is 4.79 Å². The number of nitrogens with two attached hydrogens (primary N) is 1. The molecule has 0 saturated carbocycles. The maximum Gasteiger partial charge on any atom is 0.249 e. The van der Waals surface area contributed by atoms with Crippen LogP contribution in [0.3, 0.4) is 0 Å². The summed E-state index contributed by atoms with van der Waals surface area (Å²) >= 11 is 0. The normalized spacial score (nSPS) is 21.0. The number of carbonyl (C=O) groups excluding carboxylic acids is 1. The monoisotopic (exact) mass is 292 g/mol. The standard InChI is InChI=1S/C17H28N2O2/c1-4-7-9-14(6-3)16-11-13-21-19(16)17(20)15(8-5-2)10-12-18/h4,6-7,9,15-16H,1,5,8,10-13,18H2,2-3H3/b9-7-,14-6+/t15?,16-/m0/s1. The molecule has 1 aliphatic heterocycles. The van der Waals surface area contributed by atoms with Crippen molar-refractivity contribution >= 4 is 5.91 Å². The van der Waals surface area contributed by atoms with E-state index in [2.05, 4.69) is 13.5 Å². The lowest BCUT2D eigenvalue weighted by molar-refractivity contribution is -0.179. The van der Waals surface area contributed by atoms with Crippen LogP contribution in [0.25, 0.3) is 0 Å². The van der Waals surface area contributed by atoms with Crippen LogP contribution in [-0.4, -0.2) is 30.2 Å². The lowest BCUT2D eigenvalue weighted by atomic mass is 9.96. The molecule has 1 saturated heterocycles. The van der Waals surface area contributed by atoms with E-state index >= 15 is 0 Å². The van der Waals surface area contributed by atoms with E-state index in [0.29, 0.717) is 19.6 Å². The van der Waals surface area contributed by atoms with E-state index in [1.165, 1.54) is 0 Å². The lowest BCUT2D eigenvalue weighted by Crippen LogP contribution is -2.40. The van der Waals surface area contributed by atoms with E-state index in [-0.39, 0.29) is 17.9 Å². The zero-order chi connectivity index (χ0) is 15.7. The Morgan fingerprint density at radius 3 is 2.86 bits per heavy atom. The molecule has 1 rings (SSSR count). The van der Waals surface area contributed by atoms with Crippen molar-refractivity contribution < 1.29 is 9.63 Å². The third kappa shape index (κ3) is 4.83. The molecule has 0 radical (unpaired) electrons. The molecule has 4 nitrogen and oxygen atoms in total. The molecule has 1 fully saturated rings. The van der Waals surface area contributed by atoms with Crippen LogP contribution < -0.4 is 5.73 Å². The summed E-state index contributed by atoms with van der Waals surface area (Å²) in [4.78, 5) is 18.3. The van der Waals surface area contributed by atoms with Crippen LogP contribution in [0.1, 0.15) is 39.5 Å². The number of hydroxylamine groups is 2. The highest BCUT2D eigenvalue weighted by Gasteiger charge is 2.35. The van der Waals surface area contributed by atoms with Gasteiger partial charge in [0.2, 0.25) is 5.91 Å². The number of nitrogens with zero attached hydrogens (tertiary/aromatic N) is 1. The molecule has 0 aromatic heterocycles. The van der Waals surface area contributed by atoms with Crippen LogP contribution >= 0.6 is 0 Å². The second-order valence-electron chi connectivity index (χ2n) is 5.25. The molecule has 0 spiro atoms. The Labute approximate surface area is 128 Å². The topological polar surface area (TPSA) is 55.6 Å². The fraction of sp³-hybridized carbons (Fsp3) is 0.588. The molecule has 1 aliphatic rings. The summed E-state index contributed by atoms with van der Waals surface area (Å²) in [6.07, 6.45) is 11.0. The maximum atomic E-state index is 12.7. The number of hydrogen-bond acceptors (Lipinski definition) is 3. The van der Waals surface area contributed by atoms with E-state index in [4.69, 9.17) is 10.6 Å². The smallest absolute Gasteiger partial charge is 0.249 e. The van der Waals surface area contributed by atoms with Crippen molar-refractivity contribution in [3.8, 4) is 0 Å². The van der Waals surface area contributed by atoms with Gasteiger partial charge in [-0.05, 0) is 31.9 Å². The summed E-state index contributed by atoms with van der Waals surface area (Å²) in [7, 11) is 0. The molecule has 2 N–H and O–H groups in total. The third-order valence-corrected chi connectivity index (χ3v) is 3.77. The minimum absolute atomic E-state index is 0.00386. The van der Waals surface area contributed by atoms with E-state index in [1.54, 1.807) is 11.1 Å². The van der Waals surface area contributed by atoms with Gasteiger partial charge in [0.25, 0.3) is 0 Å². The molecule has 1 amide bonds. The third-order valence-electron chi connectivity index (χ3n) is 3.77. The van der Waals surface area contributed by atoms with Crippen molar-refractivity contribution in [2.45, 2.75) is 45.6 Å². The van der Waals surface area contributed by atoms with Crippen molar-refractivity contribution in [3.05, 3.63) is 36.5 Å². The summed E-state index contributed by atoms with van der Waals surface area (Å²) in [5.74, 6) is 0.0262. The summed E-state index contributed by atoms with van der Waals surface area (Å²) in [5, 5.41) is 1.57. The molecule has 118 valence electrons. The molecular weight excluding hydrogens is 264 g/mol. The zero-order valence-electron chi connectivity index (χ0n) is 13.3. The van der Waals surface area contributed by atoms with Gasteiger partial charge in [-0.3, -0.25) is 9.63 Å². The molecule has 4 heteroatoms. The number of amides is 1. The zero-order valence-corrected chi connectivity index (χ0v) is 13.3. The van der Waals surface area contributed by atoms with Crippen LogP contribution in [0.15, 0.2) is 36.5 Å². The quantitative estimate of drug-likeness (QED) is 0.700. The van der Waals surface area contributed by atoms with Crippen molar-refractivity contribution in [2.75, 3.05) is 13.2 Å². The van der Waals surface area contributed by atoms with E-state index in [0.717, 1.165) is 24.8 Å². The Balaban J connectivity index is 2.86. The van der Waals surface area contributed by atoms with Gasteiger partial charge in [0.1, 0.15) is 0 Å². The molecule has 0 aromatic carbocycles. The van der Waals surface area contributed by atoms with Crippen molar-refractivity contribution in [1.29, 1.82) is 0 Å². The number of hydrogen-bond donors (Lipinski definition) is 1. The van der Waals surface area contributed by atoms with Gasteiger partial charge in [-0.25, -0.2) is 5.06 Å². The molecule has 21 heavy (non-hydrogen) atoms. The Kier molecular flexibility index (Phi) is 8.01. The fourth-order valence-corrected chi connectivity index (χ4v) is 2.69. The highest BCUT2D eigenvalue weighted by Crippen LogP contribution is 2.26. The Morgan fingerprint density at radius 1 is 1.52 bits per heavy atom. The molecular formula is C17H28N2O2. The highest BCUT2D eigenvalue weighted by atomic mass is 16.7. The second-order valence-corrected chi connectivity index (χ2v) is 5.25. The number of rotatable bonds is 8.